The Bertz CT molecular complexity index is 670. The van der Waals surface area contributed by atoms with Gasteiger partial charge in [0.05, 0.1) is 0 Å². The molecule has 0 aliphatic carbocycles. The number of benzene rings is 2. The van der Waals surface area contributed by atoms with Crippen LogP contribution in [-0.2, 0) is 6.54 Å². The van der Waals surface area contributed by atoms with E-state index in [1.165, 1.54) is 5.56 Å². The van der Waals surface area contributed by atoms with Crippen molar-refractivity contribution in [1.82, 2.24) is 0 Å². The van der Waals surface area contributed by atoms with Gasteiger partial charge in [-0.1, -0.05) is 44.8 Å². The van der Waals surface area contributed by atoms with Gasteiger partial charge in [-0.05, 0) is 36.8 Å². The van der Waals surface area contributed by atoms with Gasteiger partial charge in [0.15, 0.2) is 5.84 Å². The van der Waals surface area contributed by atoms with Crippen LogP contribution in [-0.4, -0.2) is 18.1 Å². The molecule has 21 heavy (non-hydrogen) atoms. The molecule has 0 radical (unpaired) electrons. The lowest BCUT2D eigenvalue weighted by Crippen LogP contribution is -2.22. The fourth-order valence-corrected chi connectivity index (χ4v) is 2.68. The Labute approximate surface area is 133 Å². The van der Waals surface area contributed by atoms with Crippen molar-refractivity contribution in [3.8, 4) is 0 Å². The molecule has 0 atom stereocenters. The van der Waals surface area contributed by atoms with Gasteiger partial charge in [0.2, 0.25) is 0 Å². The zero-order chi connectivity index (χ0) is 15.4. The van der Waals surface area contributed by atoms with Crippen LogP contribution in [0.2, 0.25) is 0 Å². The molecule has 4 nitrogen and oxygen atoms in total. The highest BCUT2D eigenvalue weighted by Crippen LogP contribution is 2.23. The fraction of sp³-hybridized carbons (Fsp3) is 0.188. The lowest BCUT2D eigenvalue weighted by atomic mass is 10.1. The normalized spacial score (nSPS) is 11.5. The van der Waals surface area contributed by atoms with Gasteiger partial charge in [-0.15, -0.1) is 0 Å². The molecule has 0 saturated carbocycles. The number of amidine groups is 1. The molecule has 0 heterocycles. The average Bonchev–Trinajstić information content (AvgIpc) is 2.46. The zero-order valence-electron chi connectivity index (χ0n) is 12.0. The first-order chi connectivity index (χ1) is 10.0. The number of nitrogens with zero attached hydrogens (tertiary/aromatic N) is 2. The van der Waals surface area contributed by atoms with Crippen LogP contribution in [0.3, 0.4) is 0 Å². The smallest absolute Gasteiger partial charge is 0.172 e. The molecule has 0 aliphatic heterocycles. The molecule has 3 N–H and O–H groups in total. The Kier molecular flexibility index (Phi) is 4.85. The van der Waals surface area contributed by atoms with Crippen molar-refractivity contribution in [3.05, 3.63) is 63.6 Å². The molecule has 110 valence electrons. The van der Waals surface area contributed by atoms with E-state index >= 15 is 0 Å². The van der Waals surface area contributed by atoms with Crippen molar-refractivity contribution >= 4 is 27.5 Å². The minimum absolute atomic E-state index is 0.120. The number of rotatable bonds is 4. The van der Waals surface area contributed by atoms with Gasteiger partial charge in [0, 0.05) is 29.3 Å². The summed E-state index contributed by atoms with van der Waals surface area (Å²) >= 11 is 3.48. The average molecular weight is 348 g/mol. The van der Waals surface area contributed by atoms with E-state index in [1.807, 2.05) is 44.3 Å². The standard InChI is InChI=1S/C16H18BrN3O/c1-11-6-7-15(14(8-11)16(18)19-21)20(2)10-12-4-3-5-13(17)9-12/h3-9,21H,10H2,1-2H3,(H2,18,19). The molecule has 0 saturated heterocycles. The highest BCUT2D eigenvalue weighted by molar-refractivity contribution is 9.10. The SMILES string of the molecule is Cc1ccc(N(C)Cc2cccc(Br)c2)c(/C(N)=N/O)c1. The predicted octanol–water partition coefficient (Wildman–Crippen LogP) is 3.49. The summed E-state index contributed by atoms with van der Waals surface area (Å²) in [5, 5.41) is 12.1. The van der Waals surface area contributed by atoms with Crippen LogP contribution < -0.4 is 10.6 Å². The molecule has 0 unspecified atom stereocenters. The molecule has 0 fully saturated rings. The number of halogens is 1. The molecule has 2 aromatic carbocycles. The van der Waals surface area contributed by atoms with E-state index in [0.29, 0.717) is 0 Å². The van der Waals surface area contributed by atoms with E-state index < -0.39 is 0 Å². The number of oxime groups is 1. The van der Waals surface area contributed by atoms with Crippen LogP contribution in [0.5, 0.6) is 0 Å². The van der Waals surface area contributed by atoms with E-state index in [1.54, 1.807) is 0 Å². The highest BCUT2D eigenvalue weighted by atomic mass is 79.9. The van der Waals surface area contributed by atoms with Gasteiger partial charge >= 0.3 is 0 Å². The van der Waals surface area contributed by atoms with Gasteiger partial charge in [0.25, 0.3) is 0 Å². The summed E-state index contributed by atoms with van der Waals surface area (Å²) in [7, 11) is 1.99. The van der Waals surface area contributed by atoms with Crippen molar-refractivity contribution in [2.75, 3.05) is 11.9 Å². The van der Waals surface area contributed by atoms with Crippen molar-refractivity contribution < 1.29 is 5.21 Å². The number of anilines is 1. The maximum absolute atomic E-state index is 8.95. The van der Waals surface area contributed by atoms with Crippen molar-refractivity contribution in [3.63, 3.8) is 0 Å². The molecule has 0 spiro atoms. The van der Waals surface area contributed by atoms with Crippen LogP contribution in [0.4, 0.5) is 5.69 Å². The van der Waals surface area contributed by atoms with E-state index in [2.05, 4.69) is 38.1 Å². The maximum Gasteiger partial charge on any atom is 0.172 e. The van der Waals surface area contributed by atoms with E-state index in [-0.39, 0.29) is 5.84 Å². The third-order valence-corrected chi connectivity index (χ3v) is 3.75. The van der Waals surface area contributed by atoms with Gasteiger partial charge in [-0.3, -0.25) is 0 Å². The molecule has 0 aliphatic rings. The molecule has 2 rings (SSSR count). The minimum Gasteiger partial charge on any atom is -0.409 e. The first kappa shape index (κ1) is 15.4. The molecule has 0 bridgehead atoms. The zero-order valence-corrected chi connectivity index (χ0v) is 13.6. The molecule has 0 aromatic heterocycles. The first-order valence-corrected chi connectivity index (χ1v) is 7.34. The molecular weight excluding hydrogens is 330 g/mol. The van der Waals surface area contributed by atoms with Gasteiger partial charge < -0.3 is 15.8 Å². The van der Waals surface area contributed by atoms with Crippen molar-refractivity contribution in [1.29, 1.82) is 0 Å². The summed E-state index contributed by atoms with van der Waals surface area (Å²) < 4.78 is 1.05. The summed E-state index contributed by atoms with van der Waals surface area (Å²) in [6.45, 7) is 2.71. The monoisotopic (exact) mass is 347 g/mol. The third kappa shape index (κ3) is 3.76. The van der Waals surface area contributed by atoms with Crippen LogP contribution in [0.1, 0.15) is 16.7 Å². The Morgan fingerprint density at radius 2 is 2.05 bits per heavy atom. The van der Waals surface area contributed by atoms with Crippen LogP contribution in [0.15, 0.2) is 52.1 Å². The topological polar surface area (TPSA) is 61.8 Å². The lowest BCUT2D eigenvalue weighted by molar-refractivity contribution is 0.318. The Morgan fingerprint density at radius 3 is 2.71 bits per heavy atom. The van der Waals surface area contributed by atoms with Gasteiger partial charge in [-0.2, -0.15) is 0 Å². The maximum atomic E-state index is 8.95. The van der Waals surface area contributed by atoms with Gasteiger partial charge in [-0.25, -0.2) is 0 Å². The van der Waals surface area contributed by atoms with Crippen LogP contribution >= 0.6 is 15.9 Å². The molecule has 2 aromatic rings. The quantitative estimate of drug-likeness (QED) is 0.385. The van der Waals surface area contributed by atoms with E-state index in [0.717, 1.165) is 27.8 Å². The van der Waals surface area contributed by atoms with Crippen molar-refractivity contribution in [2.45, 2.75) is 13.5 Å². The summed E-state index contributed by atoms with van der Waals surface area (Å²) in [4.78, 5) is 2.08. The van der Waals surface area contributed by atoms with E-state index in [4.69, 9.17) is 10.9 Å². The summed E-state index contributed by atoms with van der Waals surface area (Å²) in [6.07, 6.45) is 0. The predicted molar refractivity (Wildman–Crippen MR) is 89.9 cm³/mol. The molecular formula is C16H18BrN3O. The number of hydrogen-bond acceptors (Lipinski definition) is 3. The number of aryl methyl sites for hydroxylation is 1. The second-order valence-electron chi connectivity index (χ2n) is 4.99. The molecule has 0 amide bonds. The third-order valence-electron chi connectivity index (χ3n) is 3.26. The largest absolute Gasteiger partial charge is 0.409 e. The Hall–Kier alpha value is -2.01. The number of hydrogen-bond donors (Lipinski definition) is 2. The van der Waals surface area contributed by atoms with Crippen molar-refractivity contribution in [2.24, 2.45) is 10.9 Å². The number of nitrogens with two attached hydrogens (primary N) is 1. The van der Waals surface area contributed by atoms with E-state index in [9.17, 15) is 0 Å². The fourth-order valence-electron chi connectivity index (χ4n) is 2.24. The highest BCUT2D eigenvalue weighted by Gasteiger charge is 2.12. The lowest BCUT2D eigenvalue weighted by Gasteiger charge is -2.22. The molecule has 5 heteroatoms. The van der Waals surface area contributed by atoms with Crippen LogP contribution in [0.25, 0.3) is 0 Å². The van der Waals surface area contributed by atoms with Crippen LogP contribution in [0, 0.1) is 6.92 Å². The summed E-state index contributed by atoms with van der Waals surface area (Å²) in [6, 6.07) is 14.1. The summed E-state index contributed by atoms with van der Waals surface area (Å²) in [5.41, 5.74) is 9.69. The first-order valence-electron chi connectivity index (χ1n) is 6.55. The second kappa shape index (κ2) is 6.63. The van der Waals surface area contributed by atoms with Gasteiger partial charge in [0.1, 0.15) is 0 Å². The minimum atomic E-state index is 0.120. The summed E-state index contributed by atoms with van der Waals surface area (Å²) in [5.74, 6) is 0.120. The Morgan fingerprint density at radius 1 is 1.29 bits per heavy atom. The second-order valence-corrected chi connectivity index (χ2v) is 5.91. The Balaban J connectivity index is 2.33.